The summed E-state index contributed by atoms with van der Waals surface area (Å²) in [6.45, 7) is 0. The lowest BCUT2D eigenvalue weighted by atomic mass is 9.88. The van der Waals surface area contributed by atoms with Gasteiger partial charge in [0.25, 0.3) is 5.69 Å². The highest BCUT2D eigenvalue weighted by Gasteiger charge is 2.26. The fourth-order valence-corrected chi connectivity index (χ4v) is 2.06. The van der Waals surface area contributed by atoms with Gasteiger partial charge in [0.1, 0.15) is 12.0 Å². The van der Waals surface area contributed by atoms with Crippen LogP contribution >= 0.6 is 15.9 Å². The van der Waals surface area contributed by atoms with Crippen LogP contribution in [-0.2, 0) is 0 Å². The van der Waals surface area contributed by atoms with Crippen LogP contribution in [-0.4, -0.2) is 22.0 Å². The lowest BCUT2D eigenvalue weighted by Crippen LogP contribution is -2.44. The molecule has 1 saturated carbocycles. The Bertz CT molecular complexity index is 420. The average molecular weight is 287 g/mol. The quantitative estimate of drug-likeness (QED) is 0.651. The number of rotatable bonds is 3. The first-order valence-electron chi connectivity index (χ1n) is 4.88. The minimum atomic E-state index is -0.471. The van der Waals surface area contributed by atoms with Crippen molar-refractivity contribution >= 4 is 27.4 Å². The lowest BCUT2D eigenvalue weighted by Gasteiger charge is -2.33. The Hall–Kier alpha value is -1.21. The number of anilines is 1. The second-order valence-corrected chi connectivity index (χ2v) is 4.71. The Kier molecular flexibility index (Phi) is 3.06. The molecule has 0 saturated heterocycles. The smallest absolute Gasteiger partial charge is 0.288 e. The molecule has 6 nitrogen and oxygen atoms in total. The van der Waals surface area contributed by atoms with Gasteiger partial charge in [-0.25, -0.2) is 4.98 Å². The number of hydrogen-bond donors (Lipinski definition) is 2. The van der Waals surface area contributed by atoms with Gasteiger partial charge in [0.15, 0.2) is 0 Å². The van der Waals surface area contributed by atoms with Crippen LogP contribution in [0.2, 0.25) is 0 Å². The van der Waals surface area contributed by atoms with Gasteiger partial charge >= 0.3 is 0 Å². The van der Waals surface area contributed by atoms with Crippen molar-refractivity contribution in [3.63, 3.8) is 0 Å². The van der Waals surface area contributed by atoms with Crippen molar-refractivity contribution in [3.8, 4) is 0 Å². The summed E-state index contributed by atoms with van der Waals surface area (Å²) in [5.41, 5.74) is 5.64. The Balaban J connectivity index is 2.07. The standard InChI is InChI=1S/C9H11BrN4O2/c10-8-3-7(14(15)16)4-12-9(8)13-6-1-5(11)2-6/h3-6H,1-2,11H2,(H,12,13). The summed E-state index contributed by atoms with van der Waals surface area (Å²) in [5, 5.41) is 13.7. The summed E-state index contributed by atoms with van der Waals surface area (Å²) in [6, 6.07) is 2.02. The SMILES string of the molecule is NC1CC(Nc2ncc([N+](=O)[O-])cc2Br)C1. The van der Waals surface area contributed by atoms with Crippen LogP contribution in [0.3, 0.4) is 0 Å². The van der Waals surface area contributed by atoms with Crippen LogP contribution in [0.25, 0.3) is 0 Å². The number of nitrogens with two attached hydrogens (primary N) is 1. The lowest BCUT2D eigenvalue weighted by molar-refractivity contribution is -0.385. The van der Waals surface area contributed by atoms with Gasteiger partial charge in [-0.3, -0.25) is 10.1 Å². The number of aromatic nitrogens is 1. The van der Waals surface area contributed by atoms with E-state index in [1.165, 1.54) is 12.3 Å². The molecule has 0 unspecified atom stereocenters. The molecule has 0 atom stereocenters. The van der Waals surface area contributed by atoms with E-state index < -0.39 is 4.92 Å². The molecule has 1 aliphatic rings. The molecular formula is C9H11BrN4O2. The van der Waals surface area contributed by atoms with Crippen molar-refractivity contribution in [2.24, 2.45) is 5.73 Å². The van der Waals surface area contributed by atoms with Crippen LogP contribution in [0.15, 0.2) is 16.7 Å². The highest BCUT2D eigenvalue weighted by atomic mass is 79.9. The minimum absolute atomic E-state index is 0.0252. The van der Waals surface area contributed by atoms with Crippen molar-refractivity contribution in [1.82, 2.24) is 4.98 Å². The van der Waals surface area contributed by atoms with Crippen molar-refractivity contribution in [2.75, 3.05) is 5.32 Å². The maximum absolute atomic E-state index is 10.5. The second kappa shape index (κ2) is 4.34. The summed E-state index contributed by atoms with van der Waals surface area (Å²) in [5.74, 6) is 0.627. The summed E-state index contributed by atoms with van der Waals surface area (Å²) >= 11 is 3.25. The highest BCUT2D eigenvalue weighted by Crippen LogP contribution is 2.28. The Morgan fingerprint density at radius 1 is 1.62 bits per heavy atom. The molecule has 16 heavy (non-hydrogen) atoms. The average Bonchev–Trinajstić information content (AvgIpc) is 2.18. The number of pyridine rings is 1. The van der Waals surface area contributed by atoms with E-state index in [0.29, 0.717) is 16.3 Å². The van der Waals surface area contributed by atoms with E-state index in [-0.39, 0.29) is 11.7 Å². The number of nitrogens with one attached hydrogen (secondary N) is 1. The second-order valence-electron chi connectivity index (χ2n) is 3.85. The molecule has 1 heterocycles. The fourth-order valence-electron chi connectivity index (χ4n) is 1.61. The molecule has 0 aliphatic heterocycles. The monoisotopic (exact) mass is 286 g/mol. The van der Waals surface area contributed by atoms with E-state index in [1.807, 2.05) is 0 Å². The number of nitro groups is 1. The van der Waals surface area contributed by atoms with Gasteiger partial charge in [-0.2, -0.15) is 0 Å². The summed E-state index contributed by atoms with van der Waals surface area (Å²) in [7, 11) is 0. The molecule has 0 radical (unpaired) electrons. The zero-order valence-corrected chi connectivity index (χ0v) is 9.98. The molecule has 1 aliphatic carbocycles. The molecule has 0 spiro atoms. The molecule has 86 valence electrons. The molecule has 7 heteroatoms. The van der Waals surface area contributed by atoms with Crippen LogP contribution in [0, 0.1) is 10.1 Å². The molecule has 0 amide bonds. The van der Waals surface area contributed by atoms with Crippen LogP contribution in [0.4, 0.5) is 11.5 Å². The Morgan fingerprint density at radius 2 is 2.31 bits per heavy atom. The third kappa shape index (κ3) is 2.30. The maximum atomic E-state index is 10.5. The van der Waals surface area contributed by atoms with E-state index in [4.69, 9.17) is 5.73 Å². The molecule has 1 aromatic heterocycles. The van der Waals surface area contributed by atoms with Gasteiger partial charge in [-0.1, -0.05) is 0 Å². The predicted molar refractivity (Wildman–Crippen MR) is 63.2 cm³/mol. The molecular weight excluding hydrogens is 276 g/mol. The van der Waals surface area contributed by atoms with Crippen LogP contribution in [0.5, 0.6) is 0 Å². The number of halogens is 1. The summed E-state index contributed by atoms with van der Waals surface area (Å²) in [6.07, 6.45) is 3.06. The number of nitrogens with zero attached hydrogens (tertiary/aromatic N) is 2. The maximum Gasteiger partial charge on any atom is 0.288 e. The summed E-state index contributed by atoms with van der Waals surface area (Å²) in [4.78, 5) is 14.0. The normalized spacial score (nSPS) is 23.6. The van der Waals surface area contributed by atoms with E-state index in [2.05, 4.69) is 26.2 Å². The van der Waals surface area contributed by atoms with Gasteiger partial charge in [0.2, 0.25) is 0 Å². The molecule has 0 aromatic carbocycles. The Labute approximate surface area is 101 Å². The van der Waals surface area contributed by atoms with Gasteiger partial charge in [-0.15, -0.1) is 0 Å². The van der Waals surface area contributed by atoms with Crippen LogP contribution < -0.4 is 11.1 Å². The molecule has 2 rings (SSSR count). The third-order valence-corrected chi connectivity index (χ3v) is 3.16. The molecule has 1 fully saturated rings. The highest BCUT2D eigenvalue weighted by molar-refractivity contribution is 9.10. The van der Waals surface area contributed by atoms with E-state index in [9.17, 15) is 10.1 Å². The first-order valence-corrected chi connectivity index (χ1v) is 5.67. The first kappa shape index (κ1) is 11.3. The van der Waals surface area contributed by atoms with Crippen molar-refractivity contribution in [2.45, 2.75) is 24.9 Å². The predicted octanol–water partition coefficient (Wildman–Crippen LogP) is 1.65. The van der Waals surface area contributed by atoms with E-state index in [0.717, 1.165) is 12.8 Å². The van der Waals surface area contributed by atoms with Gasteiger partial charge < -0.3 is 11.1 Å². The first-order chi connectivity index (χ1) is 7.56. The largest absolute Gasteiger partial charge is 0.366 e. The van der Waals surface area contributed by atoms with E-state index in [1.54, 1.807) is 0 Å². The minimum Gasteiger partial charge on any atom is -0.366 e. The molecule has 3 N–H and O–H groups in total. The van der Waals surface area contributed by atoms with Gasteiger partial charge in [0.05, 0.1) is 9.40 Å². The third-order valence-electron chi connectivity index (χ3n) is 2.55. The zero-order valence-electron chi connectivity index (χ0n) is 8.39. The van der Waals surface area contributed by atoms with Crippen molar-refractivity contribution in [3.05, 3.63) is 26.9 Å². The molecule has 0 bridgehead atoms. The topological polar surface area (TPSA) is 94.1 Å². The zero-order chi connectivity index (χ0) is 11.7. The van der Waals surface area contributed by atoms with Gasteiger partial charge in [0, 0.05) is 18.2 Å². The fraction of sp³-hybridized carbons (Fsp3) is 0.444. The Morgan fingerprint density at radius 3 is 2.81 bits per heavy atom. The molecule has 1 aromatic rings. The number of hydrogen-bond acceptors (Lipinski definition) is 5. The van der Waals surface area contributed by atoms with Crippen molar-refractivity contribution in [1.29, 1.82) is 0 Å². The van der Waals surface area contributed by atoms with Crippen molar-refractivity contribution < 1.29 is 4.92 Å². The van der Waals surface area contributed by atoms with E-state index >= 15 is 0 Å². The summed E-state index contributed by atoms with van der Waals surface area (Å²) < 4.78 is 0.599. The van der Waals surface area contributed by atoms with Crippen LogP contribution in [0.1, 0.15) is 12.8 Å². The van der Waals surface area contributed by atoms with Gasteiger partial charge in [-0.05, 0) is 28.8 Å².